The first-order valence-corrected chi connectivity index (χ1v) is 6.93. The molecule has 0 unspecified atom stereocenters. The number of H-pyrrole nitrogens is 1. The van der Waals surface area contributed by atoms with E-state index < -0.39 is 0 Å². The molecule has 0 aliphatic carbocycles. The maximum atomic E-state index is 12.6. The van der Waals surface area contributed by atoms with E-state index in [0.29, 0.717) is 22.4 Å². The monoisotopic (exact) mass is 271 g/mol. The molecule has 1 amide bonds. The lowest BCUT2D eigenvalue weighted by Crippen LogP contribution is -2.39. The number of hydrogen-bond acceptors (Lipinski definition) is 3. The number of aromatic nitrogens is 2. The number of benzene rings is 1. The number of hydrogen-bond donors (Lipinski definition) is 1. The molecule has 1 aromatic heterocycles. The summed E-state index contributed by atoms with van der Waals surface area (Å²) in [6.07, 6.45) is 2.18. The van der Waals surface area contributed by atoms with Crippen LogP contribution in [-0.2, 0) is 0 Å². The van der Waals surface area contributed by atoms with Gasteiger partial charge in [0.15, 0.2) is 5.69 Å². The highest BCUT2D eigenvalue weighted by atomic mass is 16.2. The van der Waals surface area contributed by atoms with Gasteiger partial charge in [-0.05, 0) is 24.8 Å². The standard InChI is InChI=1S/C15H17N3O2/c1-10-5-4-8-18(9-10)15(20)13-11-6-2-3-7-12(11)14(19)17-16-13/h2-3,6-7,10H,4-5,8-9H2,1H3,(H,17,19)/t10-/m0/s1. The average molecular weight is 271 g/mol. The van der Waals surface area contributed by atoms with Crippen LogP contribution in [0.25, 0.3) is 10.8 Å². The fourth-order valence-electron chi connectivity index (χ4n) is 2.80. The van der Waals surface area contributed by atoms with Crippen LogP contribution in [0.1, 0.15) is 30.3 Å². The molecule has 0 bridgehead atoms. The number of fused-ring (bicyclic) bond motifs is 1. The molecule has 0 spiro atoms. The zero-order chi connectivity index (χ0) is 14.1. The van der Waals surface area contributed by atoms with Crippen molar-refractivity contribution in [1.29, 1.82) is 0 Å². The van der Waals surface area contributed by atoms with Gasteiger partial charge in [0.2, 0.25) is 0 Å². The normalized spacial score (nSPS) is 19.2. The predicted molar refractivity (Wildman–Crippen MR) is 76.7 cm³/mol. The number of piperidine rings is 1. The summed E-state index contributed by atoms with van der Waals surface area (Å²) in [6.45, 7) is 3.67. The molecule has 1 fully saturated rings. The van der Waals surface area contributed by atoms with E-state index in [1.807, 2.05) is 11.0 Å². The second kappa shape index (κ2) is 5.07. The zero-order valence-corrected chi connectivity index (χ0v) is 11.4. The molecule has 0 saturated carbocycles. The first-order valence-electron chi connectivity index (χ1n) is 6.93. The molecular weight excluding hydrogens is 254 g/mol. The summed E-state index contributed by atoms with van der Waals surface area (Å²) in [4.78, 5) is 26.2. The highest BCUT2D eigenvalue weighted by Gasteiger charge is 2.24. The van der Waals surface area contributed by atoms with E-state index in [0.717, 1.165) is 25.9 Å². The molecule has 5 nitrogen and oxygen atoms in total. The smallest absolute Gasteiger partial charge is 0.274 e. The van der Waals surface area contributed by atoms with E-state index in [4.69, 9.17) is 0 Å². The van der Waals surface area contributed by atoms with Crippen molar-refractivity contribution in [2.45, 2.75) is 19.8 Å². The molecule has 0 radical (unpaired) electrons. The summed E-state index contributed by atoms with van der Waals surface area (Å²) >= 11 is 0. The van der Waals surface area contributed by atoms with Gasteiger partial charge in [-0.25, -0.2) is 5.10 Å². The molecule has 1 aliphatic heterocycles. The molecule has 2 heterocycles. The molecule has 1 saturated heterocycles. The Hall–Kier alpha value is -2.17. The van der Waals surface area contributed by atoms with E-state index in [1.54, 1.807) is 18.2 Å². The van der Waals surface area contributed by atoms with Crippen LogP contribution in [-0.4, -0.2) is 34.1 Å². The lowest BCUT2D eigenvalue weighted by atomic mass is 9.99. The van der Waals surface area contributed by atoms with Crippen molar-refractivity contribution in [2.24, 2.45) is 5.92 Å². The Labute approximate surface area is 116 Å². The summed E-state index contributed by atoms with van der Waals surface area (Å²) in [6, 6.07) is 7.09. The number of carbonyl (C=O) groups is 1. The Balaban J connectivity index is 2.04. The van der Waals surface area contributed by atoms with Gasteiger partial charge in [-0.3, -0.25) is 9.59 Å². The summed E-state index contributed by atoms with van der Waals surface area (Å²) in [5.41, 5.74) is 0.0819. The maximum absolute atomic E-state index is 12.6. The molecule has 1 aliphatic rings. The molecule has 2 aromatic rings. The van der Waals surface area contributed by atoms with Crippen LogP contribution in [0.15, 0.2) is 29.1 Å². The second-order valence-corrected chi connectivity index (χ2v) is 5.45. The minimum Gasteiger partial charge on any atom is -0.337 e. The van der Waals surface area contributed by atoms with Gasteiger partial charge in [0.1, 0.15) is 0 Å². The number of rotatable bonds is 1. The molecule has 3 rings (SSSR count). The fraction of sp³-hybridized carbons (Fsp3) is 0.400. The highest BCUT2D eigenvalue weighted by molar-refractivity contribution is 6.04. The number of likely N-dealkylation sites (tertiary alicyclic amines) is 1. The first-order chi connectivity index (χ1) is 9.66. The van der Waals surface area contributed by atoms with Crippen LogP contribution in [0.3, 0.4) is 0 Å². The Bertz CT molecular complexity index is 708. The third-order valence-corrected chi connectivity index (χ3v) is 3.84. The summed E-state index contributed by atoms with van der Waals surface area (Å²) in [7, 11) is 0. The lowest BCUT2D eigenvalue weighted by Gasteiger charge is -2.30. The van der Waals surface area contributed by atoms with Gasteiger partial charge in [-0.1, -0.05) is 25.1 Å². The average Bonchev–Trinajstić information content (AvgIpc) is 2.47. The lowest BCUT2D eigenvalue weighted by molar-refractivity contribution is 0.0678. The predicted octanol–water partition coefficient (Wildman–Crippen LogP) is 1.80. The van der Waals surface area contributed by atoms with Gasteiger partial charge in [-0.15, -0.1) is 0 Å². The Morgan fingerprint density at radius 3 is 2.85 bits per heavy atom. The highest BCUT2D eigenvalue weighted by Crippen LogP contribution is 2.20. The summed E-state index contributed by atoms with van der Waals surface area (Å²) in [5.74, 6) is 0.422. The summed E-state index contributed by atoms with van der Waals surface area (Å²) in [5, 5.41) is 7.53. The zero-order valence-electron chi connectivity index (χ0n) is 11.4. The van der Waals surface area contributed by atoms with Gasteiger partial charge in [0.05, 0.1) is 5.39 Å². The largest absolute Gasteiger partial charge is 0.337 e. The van der Waals surface area contributed by atoms with E-state index in [2.05, 4.69) is 17.1 Å². The number of nitrogens with one attached hydrogen (secondary N) is 1. The molecule has 1 atom stereocenters. The van der Waals surface area contributed by atoms with Crippen LogP contribution >= 0.6 is 0 Å². The van der Waals surface area contributed by atoms with Gasteiger partial charge >= 0.3 is 0 Å². The van der Waals surface area contributed by atoms with Gasteiger partial charge in [0, 0.05) is 18.5 Å². The van der Waals surface area contributed by atoms with Crippen LogP contribution in [0, 0.1) is 5.92 Å². The van der Waals surface area contributed by atoms with E-state index >= 15 is 0 Å². The first kappa shape index (κ1) is 12.8. The van der Waals surface area contributed by atoms with E-state index in [9.17, 15) is 9.59 Å². The SMILES string of the molecule is C[C@H]1CCCN(C(=O)c2n[nH]c(=O)c3ccccc23)C1. The summed E-state index contributed by atoms with van der Waals surface area (Å²) < 4.78 is 0. The molecule has 5 heteroatoms. The van der Waals surface area contributed by atoms with Gasteiger partial charge in [0.25, 0.3) is 11.5 Å². The number of aromatic amines is 1. The van der Waals surface area contributed by atoms with E-state index in [1.165, 1.54) is 0 Å². The van der Waals surface area contributed by atoms with Gasteiger partial charge < -0.3 is 4.90 Å². The van der Waals surface area contributed by atoms with Crippen molar-refractivity contribution >= 4 is 16.7 Å². The third kappa shape index (κ3) is 2.19. The Kier molecular flexibility index (Phi) is 3.26. The fourth-order valence-corrected chi connectivity index (χ4v) is 2.80. The van der Waals surface area contributed by atoms with Crippen molar-refractivity contribution < 1.29 is 4.79 Å². The molecule has 20 heavy (non-hydrogen) atoms. The second-order valence-electron chi connectivity index (χ2n) is 5.45. The van der Waals surface area contributed by atoms with Crippen molar-refractivity contribution in [3.63, 3.8) is 0 Å². The van der Waals surface area contributed by atoms with Gasteiger partial charge in [-0.2, -0.15) is 5.10 Å². The minimum absolute atomic E-state index is 0.0935. The molecule has 1 aromatic carbocycles. The van der Waals surface area contributed by atoms with Crippen molar-refractivity contribution in [1.82, 2.24) is 15.1 Å². The third-order valence-electron chi connectivity index (χ3n) is 3.84. The Morgan fingerprint density at radius 2 is 2.10 bits per heavy atom. The Morgan fingerprint density at radius 1 is 1.35 bits per heavy atom. The van der Waals surface area contributed by atoms with Crippen molar-refractivity contribution in [2.75, 3.05) is 13.1 Å². The molecular formula is C15H17N3O2. The quantitative estimate of drug-likeness (QED) is 0.860. The maximum Gasteiger partial charge on any atom is 0.274 e. The number of amides is 1. The van der Waals surface area contributed by atoms with Crippen molar-refractivity contribution in [3.05, 3.63) is 40.3 Å². The molecule has 1 N–H and O–H groups in total. The number of carbonyl (C=O) groups excluding carboxylic acids is 1. The molecule has 104 valence electrons. The topological polar surface area (TPSA) is 66.1 Å². The minimum atomic E-state index is -0.260. The van der Waals surface area contributed by atoms with E-state index in [-0.39, 0.29) is 11.5 Å². The van der Waals surface area contributed by atoms with Crippen molar-refractivity contribution in [3.8, 4) is 0 Å². The van der Waals surface area contributed by atoms with Crippen LogP contribution < -0.4 is 5.56 Å². The van der Waals surface area contributed by atoms with Crippen LogP contribution in [0.5, 0.6) is 0 Å². The van der Waals surface area contributed by atoms with Crippen LogP contribution in [0.2, 0.25) is 0 Å². The number of nitrogens with zero attached hydrogens (tertiary/aromatic N) is 2. The van der Waals surface area contributed by atoms with Crippen LogP contribution in [0.4, 0.5) is 0 Å².